The minimum Gasteiger partial charge on any atom is -0.496 e. The molecule has 0 N–H and O–H groups in total. The highest BCUT2D eigenvalue weighted by molar-refractivity contribution is 5.79. The number of aromatic nitrogens is 2. The quantitative estimate of drug-likeness (QED) is 0.525. The summed E-state index contributed by atoms with van der Waals surface area (Å²) in [5.41, 5.74) is 3.17. The van der Waals surface area contributed by atoms with Crippen molar-refractivity contribution in [3.05, 3.63) is 84.1 Å². The lowest BCUT2D eigenvalue weighted by Crippen LogP contribution is -2.03. The first-order chi connectivity index (χ1) is 12.3. The Hall–Kier alpha value is -3.27. The van der Waals surface area contributed by atoms with Crippen molar-refractivity contribution < 1.29 is 9.15 Å². The lowest BCUT2D eigenvalue weighted by Gasteiger charge is -2.11. The average molecular weight is 330 g/mol. The second kappa shape index (κ2) is 6.69. The summed E-state index contributed by atoms with van der Waals surface area (Å²) in [7, 11) is 1.70. The molecule has 124 valence electrons. The number of ether oxygens (including phenoxy) is 1. The summed E-state index contributed by atoms with van der Waals surface area (Å²) >= 11 is 0. The van der Waals surface area contributed by atoms with Gasteiger partial charge in [-0.2, -0.15) is 0 Å². The Balaban J connectivity index is 1.79. The van der Waals surface area contributed by atoms with Crippen molar-refractivity contribution in [1.29, 1.82) is 0 Å². The van der Waals surface area contributed by atoms with Crippen molar-refractivity contribution in [2.45, 2.75) is 6.54 Å². The fraction of sp³-hybridized carbons (Fsp3) is 0.0952. The Bertz CT molecular complexity index is 1010. The number of imidazole rings is 1. The summed E-state index contributed by atoms with van der Waals surface area (Å²) in [5, 5.41) is 0. The summed E-state index contributed by atoms with van der Waals surface area (Å²) < 4.78 is 13.1. The van der Waals surface area contributed by atoms with Gasteiger partial charge in [0.25, 0.3) is 0 Å². The van der Waals surface area contributed by atoms with Crippen molar-refractivity contribution in [3.63, 3.8) is 0 Å². The SMILES string of the molecule is COc1ccccc1Cn1c(/C=C/c2ccco2)nc2ccccc21. The highest BCUT2D eigenvalue weighted by atomic mass is 16.5. The molecule has 0 spiro atoms. The molecule has 0 fully saturated rings. The molecule has 0 saturated carbocycles. The van der Waals surface area contributed by atoms with Gasteiger partial charge in [-0.3, -0.25) is 0 Å². The maximum Gasteiger partial charge on any atom is 0.134 e. The largest absolute Gasteiger partial charge is 0.496 e. The second-order valence-corrected chi connectivity index (χ2v) is 5.71. The number of fused-ring (bicyclic) bond motifs is 1. The summed E-state index contributed by atoms with van der Waals surface area (Å²) in [4.78, 5) is 4.76. The summed E-state index contributed by atoms with van der Waals surface area (Å²) in [6, 6.07) is 20.0. The molecule has 2 heterocycles. The molecule has 0 saturated heterocycles. The van der Waals surface area contributed by atoms with Crippen LogP contribution in [0, 0.1) is 0 Å². The highest BCUT2D eigenvalue weighted by Gasteiger charge is 2.11. The van der Waals surface area contributed by atoms with Gasteiger partial charge < -0.3 is 13.7 Å². The zero-order valence-corrected chi connectivity index (χ0v) is 13.9. The van der Waals surface area contributed by atoms with Crippen LogP contribution in [0.5, 0.6) is 5.75 Å². The Labute approximate surface area is 146 Å². The monoisotopic (exact) mass is 330 g/mol. The molecule has 0 aliphatic rings. The molecule has 4 heteroatoms. The van der Waals surface area contributed by atoms with E-state index in [0.717, 1.165) is 33.9 Å². The molecule has 2 aromatic carbocycles. The van der Waals surface area contributed by atoms with Gasteiger partial charge >= 0.3 is 0 Å². The smallest absolute Gasteiger partial charge is 0.134 e. The fourth-order valence-electron chi connectivity index (χ4n) is 2.93. The van der Waals surface area contributed by atoms with Gasteiger partial charge in [-0.15, -0.1) is 0 Å². The van der Waals surface area contributed by atoms with E-state index in [0.29, 0.717) is 6.54 Å². The predicted octanol–water partition coefficient (Wildman–Crippen LogP) is 4.86. The molecular weight excluding hydrogens is 312 g/mol. The van der Waals surface area contributed by atoms with Gasteiger partial charge in [0.05, 0.1) is 31.0 Å². The number of methoxy groups -OCH3 is 1. The molecular formula is C21H18N2O2. The molecule has 4 nitrogen and oxygen atoms in total. The maximum atomic E-state index is 5.50. The Morgan fingerprint density at radius 1 is 1.00 bits per heavy atom. The van der Waals surface area contributed by atoms with Crippen LogP contribution in [0.1, 0.15) is 17.1 Å². The van der Waals surface area contributed by atoms with E-state index in [4.69, 9.17) is 14.1 Å². The van der Waals surface area contributed by atoms with E-state index in [2.05, 4.69) is 16.7 Å². The first kappa shape index (κ1) is 15.3. The van der Waals surface area contributed by atoms with Crippen LogP contribution in [0.4, 0.5) is 0 Å². The van der Waals surface area contributed by atoms with Crippen LogP contribution in [0.2, 0.25) is 0 Å². The van der Waals surface area contributed by atoms with Gasteiger partial charge in [0, 0.05) is 5.56 Å². The molecule has 4 aromatic rings. The van der Waals surface area contributed by atoms with E-state index >= 15 is 0 Å². The average Bonchev–Trinajstić information content (AvgIpc) is 3.29. The number of benzene rings is 2. The van der Waals surface area contributed by atoms with Crippen LogP contribution in [0.3, 0.4) is 0 Å². The van der Waals surface area contributed by atoms with Crippen molar-refractivity contribution in [3.8, 4) is 5.75 Å². The second-order valence-electron chi connectivity index (χ2n) is 5.71. The van der Waals surface area contributed by atoms with E-state index in [-0.39, 0.29) is 0 Å². The van der Waals surface area contributed by atoms with Crippen molar-refractivity contribution in [2.75, 3.05) is 7.11 Å². The standard InChI is InChI=1S/C21H18N2O2/c1-24-20-11-5-2-7-16(20)15-23-19-10-4-3-9-18(19)22-21(23)13-12-17-8-6-14-25-17/h2-14H,15H2,1H3/b13-12+. The van der Waals surface area contributed by atoms with Gasteiger partial charge in [-0.05, 0) is 42.5 Å². The van der Waals surface area contributed by atoms with Gasteiger partial charge in [-0.25, -0.2) is 4.98 Å². The molecule has 25 heavy (non-hydrogen) atoms. The van der Waals surface area contributed by atoms with Gasteiger partial charge in [0.2, 0.25) is 0 Å². The highest BCUT2D eigenvalue weighted by Crippen LogP contribution is 2.24. The van der Waals surface area contributed by atoms with Crippen molar-refractivity contribution in [2.24, 2.45) is 0 Å². The number of hydrogen-bond acceptors (Lipinski definition) is 3. The number of hydrogen-bond donors (Lipinski definition) is 0. The normalized spacial score (nSPS) is 11.4. The summed E-state index contributed by atoms with van der Waals surface area (Å²) in [6.07, 6.45) is 5.58. The minimum absolute atomic E-state index is 0.683. The zero-order chi connectivity index (χ0) is 17.1. The predicted molar refractivity (Wildman–Crippen MR) is 99.5 cm³/mol. The lowest BCUT2D eigenvalue weighted by molar-refractivity contribution is 0.408. The van der Waals surface area contributed by atoms with Gasteiger partial charge in [0.1, 0.15) is 17.3 Å². The van der Waals surface area contributed by atoms with Gasteiger partial charge in [0.15, 0.2) is 0 Å². The van der Waals surface area contributed by atoms with Crippen LogP contribution in [-0.4, -0.2) is 16.7 Å². The first-order valence-corrected chi connectivity index (χ1v) is 8.14. The molecule has 0 bridgehead atoms. The third kappa shape index (κ3) is 3.06. The molecule has 0 radical (unpaired) electrons. The molecule has 0 atom stereocenters. The molecule has 0 aliphatic heterocycles. The zero-order valence-electron chi connectivity index (χ0n) is 13.9. The fourth-order valence-corrected chi connectivity index (χ4v) is 2.93. The topological polar surface area (TPSA) is 40.2 Å². The number of rotatable bonds is 5. The Morgan fingerprint density at radius 2 is 1.84 bits per heavy atom. The molecule has 0 amide bonds. The van der Waals surface area contributed by atoms with E-state index in [1.54, 1.807) is 13.4 Å². The van der Waals surface area contributed by atoms with Crippen molar-refractivity contribution in [1.82, 2.24) is 9.55 Å². The third-order valence-electron chi connectivity index (χ3n) is 4.14. The van der Waals surface area contributed by atoms with E-state index < -0.39 is 0 Å². The first-order valence-electron chi connectivity index (χ1n) is 8.14. The van der Waals surface area contributed by atoms with E-state index in [1.165, 1.54) is 0 Å². The summed E-state index contributed by atoms with van der Waals surface area (Å²) in [5.74, 6) is 2.56. The van der Waals surface area contributed by atoms with Crippen LogP contribution in [0.25, 0.3) is 23.2 Å². The molecule has 0 aliphatic carbocycles. The number of furan rings is 1. The Kier molecular flexibility index (Phi) is 4.09. The van der Waals surface area contributed by atoms with E-state index in [1.807, 2.05) is 60.7 Å². The van der Waals surface area contributed by atoms with Crippen LogP contribution in [-0.2, 0) is 6.54 Å². The maximum absolute atomic E-state index is 5.50. The van der Waals surface area contributed by atoms with E-state index in [9.17, 15) is 0 Å². The summed E-state index contributed by atoms with van der Waals surface area (Å²) in [6.45, 7) is 0.683. The van der Waals surface area contributed by atoms with Gasteiger partial charge in [-0.1, -0.05) is 30.3 Å². The Morgan fingerprint density at radius 3 is 2.68 bits per heavy atom. The number of nitrogens with zero attached hydrogens (tertiary/aromatic N) is 2. The van der Waals surface area contributed by atoms with Crippen LogP contribution < -0.4 is 4.74 Å². The van der Waals surface area contributed by atoms with Crippen LogP contribution in [0.15, 0.2) is 71.3 Å². The third-order valence-corrected chi connectivity index (χ3v) is 4.14. The van der Waals surface area contributed by atoms with Crippen LogP contribution >= 0.6 is 0 Å². The lowest BCUT2D eigenvalue weighted by atomic mass is 10.2. The number of para-hydroxylation sites is 3. The molecule has 0 unspecified atom stereocenters. The minimum atomic E-state index is 0.683. The van der Waals surface area contributed by atoms with Crippen molar-refractivity contribution >= 4 is 23.2 Å². The molecule has 4 rings (SSSR count). The molecule has 2 aromatic heterocycles.